The minimum absolute atomic E-state index is 0.526. The van der Waals surface area contributed by atoms with Crippen molar-refractivity contribution in [3.63, 3.8) is 0 Å². The first-order valence-electron chi connectivity index (χ1n) is 7.91. The molecule has 1 unspecified atom stereocenters. The van der Waals surface area contributed by atoms with E-state index in [1.54, 1.807) is 21.7 Å². The fraction of sp³-hybridized carbons (Fsp3) is 0.733. The smallest absolute Gasteiger partial charge is 0.244 e. The summed E-state index contributed by atoms with van der Waals surface area (Å²) in [4.78, 5) is 1.48. The van der Waals surface area contributed by atoms with Crippen molar-refractivity contribution >= 4 is 21.4 Å². The van der Waals surface area contributed by atoms with E-state index in [2.05, 4.69) is 12.2 Å². The van der Waals surface area contributed by atoms with Crippen LogP contribution in [0, 0.1) is 5.92 Å². The average Bonchev–Trinajstić information content (AvgIpc) is 2.97. The van der Waals surface area contributed by atoms with Gasteiger partial charge in [-0.05, 0) is 43.0 Å². The maximum atomic E-state index is 12.8. The summed E-state index contributed by atoms with van der Waals surface area (Å²) in [6.45, 7) is 4.22. The normalized spacial score (nSPS) is 23.8. The topological polar surface area (TPSA) is 49.4 Å². The Labute approximate surface area is 131 Å². The first kappa shape index (κ1) is 15.5. The molecule has 1 N–H and O–H groups in total. The molecular formula is C15H24N2O2S2. The van der Waals surface area contributed by atoms with E-state index in [0.29, 0.717) is 36.5 Å². The van der Waals surface area contributed by atoms with Gasteiger partial charge in [-0.1, -0.05) is 13.3 Å². The van der Waals surface area contributed by atoms with E-state index in [1.165, 1.54) is 12.8 Å². The number of hydrogen-bond acceptors (Lipinski definition) is 4. The highest BCUT2D eigenvalue weighted by molar-refractivity contribution is 7.89. The number of rotatable bonds is 7. The average molecular weight is 329 g/mol. The molecule has 4 nitrogen and oxygen atoms in total. The third kappa shape index (κ3) is 3.50. The van der Waals surface area contributed by atoms with Gasteiger partial charge in [-0.3, -0.25) is 0 Å². The lowest BCUT2D eigenvalue weighted by molar-refractivity contribution is 0.444. The lowest BCUT2D eigenvalue weighted by Crippen LogP contribution is -2.29. The van der Waals surface area contributed by atoms with E-state index in [9.17, 15) is 8.42 Å². The number of sulfonamides is 1. The van der Waals surface area contributed by atoms with Gasteiger partial charge in [0.25, 0.3) is 0 Å². The van der Waals surface area contributed by atoms with Crippen LogP contribution in [-0.2, 0) is 16.6 Å². The minimum Gasteiger partial charge on any atom is -0.309 e. The molecule has 2 heterocycles. The van der Waals surface area contributed by atoms with E-state index in [1.807, 2.05) is 5.38 Å². The quantitative estimate of drug-likeness (QED) is 0.837. The summed E-state index contributed by atoms with van der Waals surface area (Å²) in [5.41, 5.74) is 0. The molecule has 1 saturated carbocycles. The van der Waals surface area contributed by atoms with Gasteiger partial charge in [-0.15, -0.1) is 11.3 Å². The number of thiophene rings is 1. The predicted octanol–water partition coefficient (Wildman–Crippen LogP) is 2.81. The van der Waals surface area contributed by atoms with Crippen LogP contribution in [0.1, 0.15) is 43.9 Å². The van der Waals surface area contributed by atoms with Crippen LogP contribution in [0.5, 0.6) is 0 Å². The lowest BCUT2D eigenvalue weighted by Gasteiger charge is -2.17. The molecule has 0 bridgehead atoms. The van der Waals surface area contributed by atoms with Crippen molar-refractivity contribution in [1.82, 2.24) is 9.62 Å². The molecule has 1 aromatic rings. The van der Waals surface area contributed by atoms with E-state index >= 15 is 0 Å². The number of nitrogens with one attached hydrogen (secondary N) is 1. The van der Waals surface area contributed by atoms with E-state index < -0.39 is 10.0 Å². The van der Waals surface area contributed by atoms with Gasteiger partial charge in [-0.2, -0.15) is 4.31 Å². The molecule has 2 aliphatic rings. The summed E-state index contributed by atoms with van der Waals surface area (Å²) in [6.07, 6.45) is 5.71. The van der Waals surface area contributed by atoms with Crippen LogP contribution < -0.4 is 5.32 Å². The van der Waals surface area contributed by atoms with Crippen LogP contribution >= 0.6 is 11.3 Å². The second-order valence-electron chi connectivity index (χ2n) is 6.17. The van der Waals surface area contributed by atoms with Crippen molar-refractivity contribution in [1.29, 1.82) is 0 Å². The van der Waals surface area contributed by atoms with Crippen LogP contribution in [0.3, 0.4) is 0 Å². The second kappa shape index (κ2) is 6.36. The van der Waals surface area contributed by atoms with Crippen LogP contribution in [-0.4, -0.2) is 31.9 Å². The summed E-state index contributed by atoms with van der Waals surface area (Å²) in [7, 11) is -3.30. The Hall–Kier alpha value is -0.430. The van der Waals surface area contributed by atoms with Crippen molar-refractivity contribution < 1.29 is 8.42 Å². The summed E-state index contributed by atoms with van der Waals surface area (Å²) in [5, 5.41) is 5.32. The van der Waals surface area contributed by atoms with Crippen molar-refractivity contribution in [2.45, 2.75) is 56.5 Å². The zero-order valence-corrected chi connectivity index (χ0v) is 14.2. The predicted molar refractivity (Wildman–Crippen MR) is 86.0 cm³/mol. The number of hydrogen-bond donors (Lipinski definition) is 1. The Morgan fingerprint density at radius 3 is 2.90 bits per heavy atom. The van der Waals surface area contributed by atoms with Crippen LogP contribution in [0.25, 0.3) is 0 Å². The third-order valence-corrected chi connectivity index (χ3v) is 7.40. The molecular weight excluding hydrogens is 304 g/mol. The van der Waals surface area contributed by atoms with Crippen LogP contribution in [0.15, 0.2) is 16.3 Å². The summed E-state index contributed by atoms with van der Waals surface area (Å²) in [5.74, 6) is 0.538. The first-order valence-corrected chi connectivity index (χ1v) is 10.2. The molecule has 1 aliphatic carbocycles. The molecule has 0 aromatic carbocycles. The summed E-state index contributed by atoms with van der Waals surface area (Å²) >= 11 is 1.55. The standard InChI is InChI=1S/C15H24N2O2S2/c1-2-3-12-6-8-17(11-12)21(18,19)15-7-9-20-14(15)10-16-13-4-5-13/h7,9,12-13,16H,2-6,8,10-11H2,1H3. The number of nitrogens with zero attached hydrogens (tertiary/aromatic N) is 1. The molecule has 0 radical (unpaired) electrons. The van der Waals surface area contributed by atoms with Gasteiger partial charge in [-0.25, -0.2) is 8.42 Å². The van der Waals surface area contributed by atoms with E-state index in [0.717, 1.165) is 24.1 Å². The summed E-state index contributed by atoms with van der Waals surface area (Å²) < 4.78 is 27.4. The molecule has 118 valence electrons. The Kier molecular flexibility index (Phi) is 4.69. The van der Waals surface area contributed by atoms with Gasteiger partial charge >= 0.3 is 0 Å². The Balaban J connectivity index is 1.71. The highest BCUT2D eigenvalue weighted by Crippen LogP contribution is 2.31. The van der Waals surface area contributed by atoms with Crippen molar-refractivity contribution in [2.24, 2.45) is 5.92 Å². The zero-order valence-electron chi connectivity index (χ0n) is 12.5. The largest absolute Gasteiger partial charge is 0.309 e. The zero-order chi connectivity index (χ0) is 14.9. The molecule has 21 heavy (non-hydrogen) atoms. The monoisotopic (exact) mass is 328 g/mol. The maximum Gasteiger partial charge on any atom is 0.244 e. The molecule has 0 amide bonds. The Morgan fingerprint density at radius 2 is 2.19 bits per heavy atom. The molecule has 1 atom stereocenters. The molecule has 1 aliphatic heterocycles. The van der Waals surface area contributed by atoms with E-state index in [4.69, 9.17) is 0 Å². The highest BCUT2D eigenvalue weighted by atomic mass is 32.2. The SMILES string of the molecule is CCCC1CCN(S(=O)(=O)c2ccsc2CNC2CC2)C1. The summed E-state index contributed by atoms with van der Waals surface area (Å²) in [6, 6.07) is 2.38. The van der Waals surface area contributed by atoms with Gasteiger partial charge in [0, 0.05) is 30.6 Å². The molecule has 1 saturated heterocycles. The minimum atomic E-state index is -3.30. The van der Waals surface area contributed by atoms with Crippen molar-refractivity contribution in [2.75, 3.05) is 13.1 Å². The van der Waals surface area contributed by atoms with Gasteiger partial charge in [0.1, 0.15) is 0 Å². The first-order chi connectivity index (χ1) is 10.1. The maximum absolute atomic E-state index is 12.8. The Bertz CT molecular complexity index is 578. The van der Waals surface area contributed by atoms with Gasteiger partial charge in [0.05, 0.1) is 4.90 Å². The molecule has 0 spiro atoms. The van der Waals surface area contributed by atoms with Gasteiger partial charge in [0.2, 0.25) is 10.0 Å². The van der Waals surface area contributed by atoms with Gasteiger partial charge < -0.3 is 5.32 Å². The van der Waals surface area contributed by atoms with E-state index in [-0.39, 0.29) is 0 Å². The van der Waals surface area contributed by atoms with Gasteiger partial charge in [0.15, 0.2) is 0 Å². The Morgan fingerprint density at radius 1 is 1.38 bits per heavy atom. The third-order valence-electron chi connectivity index (χ3n) is 4.40. The molecule has 1 aromatic heterocycles. The van der Waals surface area contributed by atoms with Crippen molar-refractivity contribution in [3.05, 3.63) is 16.3 Å². The van der Waals surface area contributed by atoms with Crippen LogP contribution in [0.4, 0.5) is 0 Å². The molecule has 3 rings (SSSR count). The molecule has 6 heteroatoms. The lowest BCUT2D eigenvalue weighted by atomic mass is 10.0. The fourth-order valence-corrected chi connectivity index (χ4v) is 5.91. The highest BCUT2D eigenvalue weighted by Gasteiger charge is 2.34. The van der Waals surface area contributed by atoms with Crippen LogP contribution in [0.2, 0.25) is 0 Å². The second-order valence-corrected chi connectivity index (χ2v) is 9.08. The molecule has 2 fully saturated rings. The van der Waals surface area contributed by atoms with Crippen molar-refractivity contribution in [3.8, 4) is 0 Å². The fourth-order valence-electron chi connectivity index (χ4n) is 3.01.